The zero-order valence-corrected chi connectivity index (χ0v) is 15.8. The fourth-order valence-electron chi connectivity index (χ4n) is 2.95. The van der Waals surface area contributed by atoms with Gasteiger partial charge in [-0.2, -0.15) is 13.2 Å². The number of hydrogen-bond acceptors (Lipinski definition) is 6. The molecule has 0 aliphatic carbocycles. The van der Waals surface area contributed by atoms with Gasteiger partial charge in [0, 0.05) is 12.5 Å². The number of anilines is 1. The van der Waals surface area contributed by atoms with Gasteiger partial charge in [0.25, 0.3) is 10.0 Å². The van der Waals surface area contributed by atoms with E-state index in [-0.39, 0.29) is 30.5 Å². The van der Waals surface area contributed by atoms with Gasteiger partial charge in [0.1, 0.15) is 12.4 Å². The van der Waals surface area contributed by atoms with Crippen LogP contribution in [0.3, 0.4) is 0 Å². The van der Waals surface area contributed by atoms with Gasteiger partial charge in [0.15, 0.2) is 0 Å². The molecule has 0 N–H and O–H groups in total. The van der Waals surface area contributed by atoms with E-state index in [0.29, 0.717) is 17.5 Å². The number of halogens is 3. The number of hydrogen-bond donors (Lipinski definition) is 0. The summed E-state index contributed by atoms with van der Waals surface area (Å²) in [7, 11) is -4.27. The maximum atomic E-state index is 13.1. The number of alkyl halides is 3. The number of benzene rings is 2. The van der Waals surface area contributed by atoms with Gasteiger partial charge in [-0.1, -0.05) is 6.07 Å². The van der Waals surface area contributed by atoms with Crippen molar-refractivity contribution in [3.05, 3.63) is 53.9 Å². The van der Waals surface area contributed by atoms with Crippen LogP contribution in [0.25, 0.3) is 11.5 Å². The normalized spacial score (nSPS) is 14.4. The molecule has 2 heterocycles. The minimum Gasteiger partial charge on any atom is -0.489 e. The molecule has 1 aliphatic rings. The summed E-state index contributed by atoms with van der Waals surface area (Å²) in [4.78, 5) is -0.459. The number of rotatable bonds is 3. The lowest BCUT2D eigenvalue weighted by Gasteiger charge is -2.30. The van der Waals surface area contributed by atoms with Crippen molar-refractivity contribution in [3.63, 3.8) is 0 Å². The molecule has 2 aromatic carbocycles. The van der Waals surface area contributed by atoms with Crippen LogP contribution in [-0.4, -0.2) is 31.8 Å². The molecule has 0 radical (unpaired) electrons. The summed E-state index contributed by atoms with van der Waals surface area (Å²) in [5, 5.41) is 7.64. The summed E-state index contributed by atoms with van der Waals surface area (Å²) in [6.07, 6.45) is -4.66. The standard InChI is InChI=1S/C18H14F3N3O4S/c1-11-22-23-17(28-11)12-5-6-16-15(9-12)24(7-8-27-16)29(25,26)14-4-2-3-13(10-14)18(19,20)21/h2-6,9-10H,7-8H2,1H3. The molecule has 1 aromatic heterocycles. The highest BCUT2D eigenvalue weighted by molar-refractivity contribution is 7.92. The SMILES string of the molecule is Cc1nnc(-c2ccc3c(c2)N(S(=O)(=O)c2cccc(C(F)(F)F)c2)CCO3)o1. The minimum absolute atomic E-state index is 0.0576. The predicted octanol–water partition coefficient (Wildman–Crippen LogP) is 3.65. The Hall–Kier alpha value is -3.08. The van der Waals surface area contributed by atoms with Crippen molar-refractivity contribution < 1.29 is 30.7 Å². The number of ether oxygens (including phenoxy) is 1. The van der Waals surface area contributed by atoms with Gasteiger partial charge in [0.05, 0.1) is 22.7 Å². The van der Waals surface area contributed by atoms with E-state index >= 15 is 0 Å². The van der Waals surface area contributed by atoms with E-state index < -0.39 is 26.7 Å². The first-order valence-corrected chi connectivity index (χ1v) is 9.87. The van der Waals surface area contributed by atoms with Crippen LogP contribution in [0.5, 0.6) is 5.75 Å². The van der Waals surface area contributed by atoms with E-state index in [1.807, 2.05) is 0 Å². The van der Waals surface area contributed by atoms with Crippen molar-refractivity contribution >= 4 is 15.7 Å². The molecule has 0 atom stereocenters. The third kappa shape index (κ3) is 3.53. The third-order valence-electron chi connectivity index (χ3n) is 4.30. The first-order chi connectivity index (χ1) is 13.7. The van der Waals surface area contributed by atoms with Crippen molar-refractivity contribution in [1.82, 2.24) is 10.2 Å². The summed E-state index contributed by atoms with van der Waals surface area (Å²) in [6.45, 7) is 1.62. The van der Waals surface area contributed by atoms with E-state index in [2.05, 4.69) is 10.2 Å². The van der Waals surface area contributed by atoms with Gasteiger partial charge < -0.3 is 9.15 Å². The Labute approximate surface area is 163 Å². The number of aryl methyl sites for hydroxylation is 1. The first kappa shape index (κ1) is 19.2. The van der Waals surface area contributed by atoms with Crippen LogP contribution in [0.2, 0.25) is 0 Å². The second kappa shape index (κ2) is 6.76. The Balaban J connectivity index is 1.79. The van der Waals surface area contributed by atoms with Crippen molar-refractivity contribution in [2.24, 2.45) is 0 Å². The molecular formula is C18H14F3N3O4S. The van der Waals surface area contributed by atoms with Gasteiger partial charge in [-0.25, -0.2) is 8.42 Å². The smallest absolute Gasteiger partial charge is 0.416 e. The molecule has 3 aromatic rings. The van der Waals surface area contributed by atoms with E-state index in [1.165, 1.54) is 6.07 Å². The van der Waals surface area contributed by atoms with Crippen LogP contribution in [0.15, 0.2) is 51.8 Å². The van der Waals surface area contributed by atoms with Crippen LogP contribution in [0, 0.1) is 6.92 Å². The van der Waals surface area contributed by atoms with E-state index in [9.17, 15) is 21.6 Å². The van der Waals surface area contributed by atoms with Crippen LogP contribution in [0.1, 0.15) is 11.5 Å². The Bertz CT molecular complexity index is 1180. The quantitative estimate of drug-likeness (QED) is 0.637. The molecular weight excluding hydrogens is 411 g/mol. The highest BCUT2D eigenvalue weighted by Crippen LogP contribution is 2.39. The molecule has 0 fully saturated rings. The summed E-state index contributed by atoms with van der Waals surface area (Å²) in [6, 6.07) is 8.31. The Kier molecular flexibility index (Phi) is 4.49. The molecule has 11 heteroatoms. The molecule has 0 amide bonds. The molecule has 7 nitrogen and oxygen atoms in total. The maximum absolute atomic E-state index is 13.1. The lowest BCUT2D eigenvalue weighted by Crippen LogP contribution is -2.38. The van der Waals surface area contributed by atoms with Crippen LogP contribution >= 0.6 is 0 Å². The van der Waals surface area contributed by atoms with Crippen molar-refractivity contribution in [2.75, 3.05) is 17.5 Å². The highest BCUT2D eigenvalue weighted by atomic mass is 32.2. The van der Waals surface area contributed by atoms with Gasteiger partial charge in [0.2, 0.25) is 11.8 Å². The molecule has 0 saturated carbocycles. The van der Waals surface area contributed by atoms with Gasteiger partial charge in [-0.05, 0) is 36.4 Å². The number of nitrogens with zero attached hydrogens (tertiary/aromatic N) is 3. The van der Waals surface area contributed by atoms with Gasteiger partial charge in [-0.15, -0.1) is 10.2 Å². The van der Waals surface area contributed by atoms with Crippen molar-refractivity contribution in [1.29, 1.82) is 0 Å². The van der Waals surface area contributed by atoms with Gasteiger partial charge >= 0.3 is 6.18 Å². The van der Waals surface area contributed by atoms with E-state index in [1.54, 1.807) is 19.1 Å². The Morgan fingerprint density at radius 1 is 1.10 bits per heavy atom. The number of sulfonamides is 1. The molecule has 1 aliphatic heterocycles. The summed E-state index contributed by atoms with van der Waals surface area (Å²) >= 11 is 0. The van der Waals surface area contributed by atoms with Crippen molar-refractivity contribution in [2.45, 2.75) is 18.0 Å². The molecule has 4 rings (SSSR count). The van der Waals surface area contributed by atoms with Gasteiger partial charge in [-0.3, -0.25) is 4.31 Å². The van der Waals surface area contributed by atoms with Crippen LogP contribution in [0.4, 0.5) is 18.9 Å². The highest BCUT2D eigenvalue weighted by Gasteiger charge is 2.35. The fraction of sp³-hybridized carbons (Fsp3) is 0.222. The molecule has 0 unspecified atom stereocenters. The monoisotopic (exact) mass is 425 g/mol. The van der Waals surface area contributed by atoms with Crippen LogP contribution in [-0.2, 0) is 16.2 Å². The number of aromatic nitrogens is 2. The average Bonchev–Trinajstić information content (AvgIpc) is 3.13. The Morgan fingerprint density at radius 2 is 1.90 bits per heavy atom. The molecule has 0 saturated heterocycles. The lowest BCUT2D eigenvalue weighted by atomic mass is 10.1. The second-order valence-corrected chi connectivity index (χ2v) is 8.12. The second-order valence-electron chi connectivity index (χ2n) is 6.26. The number of fused-ring (bicyclic) bond motifs is 1. The average molecular weight is 425 g/mol. The zero-order valence-electron chi connectivity index (χ0n) is 15.0. The fourth-order valence-corrected chi connectivity index (χ4v) is 4.45. The Morgan fingerprint density at radius 3 is 2.59 bits per heavy atom. The van der Waals surface area contributed by atoms with Crippen molar-refractivity contribution in [3.8, 4) is 17.2 Å². The lowest BCUT2D eigenvalue weighted by molar-refractivity contribution is -0.137. The summed E-state index contributed by atoms with van der Waals surface area (Å²) < 4.78 is 77.2. The molecule has 0 bridgehead atoms. The topological polar surface area (TPSA) is 85.5 Å². The van der Waals surface area contributed by atoms with Crippen LogP contribution < -0.4 is 9.04 Å². The molecule has 0 spiro atoms. The largest absolute Gasteiger partial charge is 0.489 e. The molecule has 29 heavy (non-hydrogen) atoms. The maximum Gasteiger partial charge on any atom is 0.416 e. The van der Waals surface area contributed by atoms with E-state index in [0.717, 1.165) is 22.5 Å². The molecule has 152 valence electrons. The first-order valence-electron chi connectivity index (χ1n) is 8.43. The summed E-state index contributed by atoms with van der Waals surface area (Å²) in [5.41, 5.74) is -0.400. The third-order valence-corrected chi connectivity index (χ3v) is 6.11. The zero-order chi connectivity index (χ0) is 20.8. The predicted molar refractivity (Wildman–Crippen MR) is 95.9 cm³/mol. The minimum atomic E-state index is -4.66. The summed E-state index contributed by atoms with van der Waals surface area (Å²) in [5.74, 6) is 0.807. The van der Waals surface area contributed by atoms with E-state index in [4.69, 9.17) is 9.15 Å².